The van der Waals surface area contributed by atoms with Gasteiger partial charge < -0.3 is 4.90 Å². The molecule has 1 aliphatic rings. The highest BCUT2D eigenvalue weighted by atomic mass is 32.2. The van der Waals surface area contributed by atoms with Gasteiger partial charge in [-0.3, -0.25) is 0 Å². The third-order valence-corrected chi connectivity index (χ3v) is 7.76. The van der Waals surface area contributed by atoms with Crippen LogP contribution in [0.25, 0.3) is 32.3 Å². The Hall–Kier alpha value is -4.26. The van der Waals surface area contributed by atoms with Gasteiger partial charge in [-0.25, -0.2) is 0 Å². The van der Waals surface area contributed by atoms with E-state index < -0.39 is 0 Å². The van der Waals surface area contributed by atoms with Crippen LogP contribution in [0.1, 0.15) is 5.56 Å². The molecule has 6 aromatic carbocycles. The largest absolute Gasteiger partial charge is 0.306 e. The van der Waals surface area contributed by atoms with Gasteiger partial charge in [-0.15, -0.1) is 0 Å². The van der Waals surface area contributed by atoms with Crippen molar-refractivity contribution in [3.63, 3.8) is 0 Å². The Morgan fingerprint density at radius 1 is 0.559 bits per heavy atom. The maximum Gasteiger partial charge on any atom is 0.102 e. The maximum atomic E-state index is 10.5. The van der Waals surface area contributed by atoms with Crippen molar-refractivity contribution in [3.05, 3.63) is 115 Å². The molecule has 7 rings (SSSR count). The molecule has 0 atom stereocenters. The van der Waals surface area contributed by atoms with Crippen molar-refractivity contribution in [2.24, 2.45) is 0 Å². The number of hydrogen-bond donors (Lipinski definition) is 0. The number of benzene rings is 6. The highest BCUT2D eigenvalue weighted by Gasteiger charge is 2.29. The lowest BCUT2D eigenvalue weighted by molar-refractivity contribution is 1.17. The Balaban J connectivity index is 1.71. The van der Waals surface area contributed by atoms with Gasteiger partial charge in [0.2, 0.25) is 0 Å². The minimum absolute atomic E-state index is 0.704. The first kappa shape index (κ1) is 19.2. The van der Waals surface area contributed by atoms with Crippen LogP contribution in [-0.2, 0) is 0 Å². The van der Waals surface area contributed by atoms with E-state index in [9.17, 15) is 5.26 Å². The van der Waals surface area contributed by atoms with Crippen LogP contribution in [-0.4, -0.2) is 0 Å². The van der Waals surface area contributed by atoms with Crippen molar-refractivity contribution >= 4 is 61.1 Å². The molecule has 0 aromatic heterocycles. The summed E-state index contributed by atoms with van der Waals surface area (Å²) in [6.07, 6.45) is 0. The van der Waals surface area contributed by atoms with E-state index in [4.69, 9.17) is 0 Å². The summed E-state index contributed by atoms with van der Waals surface area (Å²) in [6, 6.07) is 40.8. The standard InChI is InChI=1S/C31H18N2S/c32-19-26-23-12-4-3-11-22(23)24-17-20-9-1-2-10-21(20)18-25(24)31(26)33-27-13-5-7-15-29(27)34-30-16-8-6-14-28(30)33/h1-18H. The zero-order valence-corrected chi connectivity index (χ0v) is 19.0. The first-order valence-corrected chi connectivity index (χ1v) is 12.1. The fourth-order valence-corrected chi connectivity index (χ4v) is 6.21. The van der Waals surface area contributed by atoms with E-state index in [1.807, 2.05) is 6.07 Å². The number of fused-ring (bicyclic) bond motifs is 6. The van der Waals surface area contributed by atoms with E-state index in [-0.39, 0.29) is 0 Å². The van der Waals surface area contributed by atoms with Gasteiger partial charge in [-0.05, 0) is 57.9 Å². The number of nitriles is 1. The van der Waals surface area contributed by atoms with E-state index in [0.29, 0.717) is 5.56 Å². The molecule has 0 radical (unpaired) electrons. The topological polar surface area (TPSA) is 27.0 Å². The second kappa shape index (κ2) is 7.38. The van der Waals surface area contributed by atoms with Gasteiger partial charge in [-0.2, -0.15) is 5.26 Å². The van der Waals surface area contributed by atoms with Gasteiger partial charge in [0, 0.05) is 20.6 Å². The smallest absolute Gasteiger partial charge is 0.102 e. The van der Waals surface area contributed by atoms with Gasteiger partial charge >= 0.3 is 0 Å². The van der Waals surface area contributed by atoms with Crippen LogP contribution in [0.4, 0.5) is 17.1 Å². The van der Waals surface area contributed by atoms with Crippen molar-refractivity contribution < 1.29 is 0 Å². The average molecular weight is 451 g/mol. The first-order chi connectivity index (χ1) is 16.8. The predicted molar refractivity (Wildman–Crippen MR) is 142 cm³/mol. The average Bonchev–Trinajstić information content (AvgIpc) is 2.90. The molecule has 0 amide bonds. The Labute approximate surface area is 201 Å². The van der Waals surface area contributed by atoms with Gasteiger partial charge in [0.05, 0.1) is 22.6 Å². The van der Waals surface area contributed by atoms with Crippen LogP contribution in [0.2, 0.25) is 0 Å². The molecular weight excluding hydrogens is 432 g/mol. The molecule has 1 heterocycles. The predicted octanol–water partition coefficient (Wildman–Crippen LogP) is 8.95. The van der Waals surface area contributed by atoms with Crippen LogP contribution in [0.15, 0.2) is 119 Å². The minimum Gasteiger partial charge on any atom is -0.306 e. The van der Waals surface area contributed by atoms with E-state index in [0.717, 1.165) is 38.6 Å². The van der Waals surface area contributed by atoms with E-state index in [1.165, 1.54) is 20.6 Å². The van der Waals surface area contributed by atoms with Crippen molar-refractivity contribution in [1.82, 2.24) is 0 Å². The first-order valence-electron chi connectivity index (χ1n) is 11.3. The van der Waals surface area contributed by atoms with Gasteiger partial charge in [0.25, 0.3) is 0 Å². The van der Waals surface area contributed by atoms with Crippen LogP contribution in [0.3, 0.4) is 0 Å². The molecule has 0 unspecified atom stereocenters. The lowest BCUT2D eigenvalue weighted by Gasteiger charge is -2.34. The molecule has 0 fully saturated rings. The molecule has 0 N–H and O–H groups in total. The van der Waals surface area contributed by atoms with Crippen LogP contribution < -0.4 is 4.90 Å². The van der Waals surface area contributed by atoms with E-state index in [1.54, 1.807) is 11.8 Å². The molecule has 0 saturated carbocycles. The fraction of sp³-hybridized carbons (Fsp3) is 0. The molecule has 34 heavy (non-hydrogen) atoms. The molecule has 0 spiro atoms. The van der Waals surface area contributed by atoms with Crippen LogP contribution in [0.5, 0.6) is 0 Å². The zero-order valence-electron chi connectivity index (χ0n) is 18.2. The Morgan fingerprint density at radius 3 is 1.74 bits per heavy atom. The monoisotopic (exact) mass is 450 g/mol. The number of hydrogen-bond acceptors (Lipinski definition) is 3. The summed E-state index contributed by atoms with van der Waals surface area (Å²) in [6.45, 7) is 0. The van der Waals surface area contributed by atoms with Crippen molar-refractivity contribution in [1.29, 1.82) is 5.26 Å². The summed E-state index contributed by atoms with van der Waals surface area (Å²) in [7, 11) is 0. The Kier molecular flexibility index (Phi) is 4.17. The Bertz CT molecular complexity index is 1770. The normalized spacial score (nSPS) is 12.5. The molecule has 158 valence electrons. The fourth-order valence-electron chi connectivity index (χ4n) is 5.15. The lowest BCUT2D eigenvalue weighted by atomic mass is 9.92. The summed E-state index contributed by atoms with van der Waals surface area (Å²) >= 11 is 1.78. The number of rotatable bonds is 1. The SMILES string of the molecule is N#Cc1c(N2c3ccccc3Sc3ccccc32)c2cc3ccccc3cc2c2ccccc12. The second-order valence-electron chi connectivity index (χ2n) is 8.50. The van der Waals surface area contributed by atoms with Gasteiger partial charge in [-0.1, -0.05) is 84.6 Å². The number of anilines is 3. The Morgan fingerprint density at radius 2 is 1.09 bits per heavy atom. The highest BCUT2D eigenvalue weighted by molar-refractivity contribution is 7.99. The summed E-state index contributed by atoms with van der Waals surface area (Å²) in [5, 5.41) is 17.2. The summed E-state index contributed by atoms with van der Waals surface area (Å²) < 4.78 is 0. The molecule has 2 nitrogen and oxygen atoms in total. The molecule has 3 heteroatoms. The minimum atomic E-state index is 0.704. The van der Waals surface area contributed by atoms with Crippen LogP contribution >= 0.6 is 11.8 Å². The molecule has 0 bridgehead atoms. The highest BCUT2D eigenvalue weighted by Crippen LogP contribution is 2.54. The van der Waals surface area contributed by atoms with Gasteiger partial charge in [0.15, 0.2) is 0 Å². The molecular formula is C31H18N2S. The van der Waals surface area contributed by atoms with E-state index >= 15 is 0 Å². The molecule has 0 saturated heterocycles. The van der Waals surface area contributed by atoms with E-state index in [2.05, 4.69) is 114 Å². The molecule has 1 aliphatic heterocycles. The third kappa shape index (κ3) is 2.70. The van der Waals surface area contributed by atoms with Crippen LogP contribution in [0, 0.1) is 11.3 Å². The van der Waals surface area contributed by atoms with Crippen molar-refractivity contribution in [2.75, 3.05) is 4.90 Å². The second-order valence-corrected chi connectivity index (χ2v) is 9.58. The quantitative estimate of drug-likeness (QED) is 0.184. The number of para-hydroxylation sites is 2. The third-order valence-electron chi connectivity index (χ3n) is 6.63. The molecule has 6 aromatic rings. The molecule has 0 aliphatic carbocycles. The maximum absolute atomic E-state index is 10.5. The van der Waals surface area contributed by atoms with Crippen molar-refractivity contribution in [2.45, 2.75) is 9.79 Å². The summed E-state index contributed by atoms with van der Waals surface area (Å²) in [5.41, 5.74) is 3.86. The van der Waals surface area contributed by atoms with Gasteiger partial charge in [0.1, 0.15) is 6.07 Å². The number of nitrogens with zero attached hydrogens (tertiary/aromatic N) is 2. The lowest BCUT2D eigenvalue weighted by Crippen LogP contribution is -2.16. The zero-order chi connectivity index (χ0) is 22.6. The van der Waals surface area contributed by atoms with Crippen molar-refractivity contribution in [3.8, 4) is 6.07 Å². The summed E-state index contributed by atoms with van der Waals surface area (Å²) in [4.78, 5) is 4.67. The summed E-state index contributed by atoms with van der Waals surface area (Å²) in [5.74, 6) is 0.